The summed E-state index contributed by atoms with van der Waals surface area (Å²) in [5, 5.41) is 5.66. The molecule has 120 valence electrons. The largest absolute Gasteiger partial charge is 0.381 e. The second-order valence-corrected chi connectivity index (χ2v) is 5.79. The Labute approximate surface area is 135 Å². The molecular weight excluding hydrogens is 304 g/mol. The van der Waals surface area contributed by atoms with Crippen LogP contribution in [0.25, 0.3) is 0 Å². The van der Waals surface area contributed by atoms with E-state index in [0.717, 1.165) is 18.9 Å². The summed E-state index contributed by atoms with van der Waals surface area (Å²) in [5.74, 6) is 0.186. The number of carbonyl (C=O) groups excluding carboxylic acids is 2. The lowest BCUT2D eigenvalue weighted by Gasteiger charge is -2.08. The third-order valence-corrected chi connectivity index (χ3v) is 3.70. The van der Waals surface area contributed by atoms with Gasteiger partial charge in [0.05, 0.1) is 17.1 Å². The lowest BCUT2D eigenvalue weighted by molar-refractivity contribution is -0.120. The van der Waals surface area contributed by atoms with Crippen LogP contribution in [0.5, 0.6) is 0 Å². The van der Waals surface area contributed by atoms with Gasteiger partial charge in [-0.3, -0.25) is 9.59 Å². The zero-order chi connectivity index (χ0) is 15.8. The molecule has 1 fully saturated rings. The number of ether oxygens (including phenoxy) is 1. The summed E-state index contributed by atoms with van der Waals surface area (Å²) in [6.45, 7) is 1.98. The fourth-order valence-electron chi connectivity index (χ4n) is 1.90. The number of nitrogens with one attached hydrogen (secondary N) is 2. The smallest absolute Gasteiger partial charge is 0.253 e. The van der Waals surface area contributed by atoms with Crippen LogP contribution in [-0.2, 0) is 9.53 Å². The fraction of sp³-hybridized carbons (Fsp3) is 0.500. The van der Waals surface area contributed by atoms with Gasteiger partial charge < -0.3 is 15.4 Å². The van der Waals surface area contributed by atoms with Crippen molar-refractivity contribution in [3.8, 4) is 0 Å². The molecule has 0 spiro atoms. The van der Waals surface area contributed by atoms with E-state index in [-0.39, 0.29) is 18.4 Å². The fourth-order valence-corrected chi connectivity index (χ4v) is 2.12. The van der Waals surface area contributed by atoms with Crippen molar-refractivity contribution in [1.29, 1.82) is 0 Å². The van der Waals surface area contributed by atoms with Gasteiger partial charge in [0.25, 0.3) is 5.91 Å². The molecular formula is C16H21ClN2O3. The van der Waals surface area contributed by atoms with E-state index in [0.29, 0.717) is 23.7 Å². The van der Waals surface area contributed by atoms with E-state index < -0.39 is 0 Å². The monoisotopic (exact) mass is 324 g/mol. The van der Waals surface area contributed by atoms with E-state index in [2.05, 4.69) is 10.6 Å². The quantitative estimate of drug-likeness (QED) is 0.683. The molecule has 2 rings (SSSR count). The predicted octanol–water partition coefficient (Wildman–Crippen LogP) is 2.00. The first-order valence-corrected chi connectivity index (χ1v) is 7.92. The molecule has 0 aromatic heterocycles. The van der Waals surface area contributed by atoms with Gasteiger partial charge >= 0.3 is 0 Å². The first-order chi connectivity index (χ1) is 10.7. The summed E-state index contributed by atoms with van der Waals surface area (Å²) in [6.07, 6.45) is 3.33. The minimum atomic E-state index is -0.353. The number of rotatable bonds is 9. The number of amides is 2. The van der Waals surface area contributed by atoms with Crippen LogP contribution in [0.2, 0.25) is 5.02 Å². The average Bonchev–Trinajstić information content (AvgIpc) is 3.33. The van der Waals surface area contributed by atoms with Crippen LogP contribution < -0.4 is 10.6 Å². The van der Waals surface area contributed by atoms with Crippen LogP contribution in [0.15, 0.2) is 24.3 Å². The molecule has 2 N–H and O–H groups in total. The van der Waals surface area contributed by atoms with Gasteiger partial charge in [-0.05, 0) is 37.3 Å². The van der Waals surface area contributed by atoms with E-state index in [1.807, 2.05) is 0 Å². The Balaban J connectivity index is 1.55. The molecule has 0 atom stereocenters. The number of hydrogen-bond acceptors (Lipinski definition) is 3. The molecule has 1 aliphatic rings. The third kappa shape index (κ3) is 6.03. The highest BCUT2D eigenvalue weighted by Crippen LogP contribution is 2.28. The normalized spacial score (nSPS) is 13.7. The van der Waals surface area contributed by atoms with Crippen molar-refractivity contribution in [3.05, 3.63) is 34.9 Å². The topological polar surface area (TPSA) is 67.4 Å². The lowest BCUT2D eigenvalue weighted by Crippen LogP contribution is -2.37. The minimum Gasteiger partial charge on any atom is -0.381 e. The first kappa shape index (κ1) is 16.8. The summed E-state index contributed by atoms with van der Waals surface area (Å²) in [5.41, 5.74) is 0.366. The van der Waals surface area contributed by atoms with Crippen LogP contribution >= 0.6 is 11.6 Å². The molecule has 5 nitrogen and oxygen atoms in total. The van der Waals surface area contributed by atoms with Crippen LogP contribution in [-0.4, -0.2) is 38.1 Å². The molecule has 1 saturated carbocycles. The van der Waals surface area contributed by atoms with E-state index in [4.69, 9.17) is 16.3 Å². The Bertz CT molecular complexity index is 518. The maximum atomic E-state index is 11.9. The van der Waals surface area contributed by atoms with Crippen LogP contribution in [0.3, 0.4) is 0 Å². The Kier molecular flexibility index (Phi) is 6.68. The number of hydrogen-bond donors (Lipinski definition) is 2. The molecule has 0 heterocycles. The van der Waals surface area contributed by atoms with Gasteiger partial charge in [-0.15, -0.1) is 0 Å². The Morgan fingerprint density at radius 1 is 1.23 bits per heavy atom. The average molecular weight is 325 g/mol. The standard InChI is InChI=1S/C16H21ClN2O3/c17-14-5-2-1-4-13(14)16(21)19-10-15(20)18-8-3-9-22-11-12-6-7-12/h1-2,4-5,12H,3,6-11H2,(H,18,20)(H,19,21). The molecule has 0 radical (unpaired) electrons. The summed E-state index contributed by atoms with van der Waals surface area (Å²) in [7, 11) is 0. The molecule has 0 unspecified atom stereocenters. The van der Waals surface area contributed by atoms with E-state index >= 15 is 0 Å². The van der Waals surface area contributed by atoms with Crippen molar-refractivity contribution in [2.45, 2.75) is 19.3 Å². The van der Waals surface area contributed by atoms with Gasteiger partial charge in [0.1, 0.15) is 0 Å². The Hall–Kier alpha value is -1.59. The second-order valence-electron chi connectivity index (χ2n) is 5.38. The number of carbonyl (C=O) groups is 2. The third-order valence-electron chi connectivity index (χ3n) is 3.37. The summed E-state index contributed by atoms with van der Waals surface area (Å²) in [6, 6.07) is 6.73. The van der Waals surface area contributed by atoms with Crippen molar-refractivity contribution < 1.29 is 14.3 Å². The first-order valence-electron chi connectivity index (χ1n) is 7.54. The minimum absolute atomic E-state index is 0.0625. The van der Waals surface area contributed by atoms with Gasteiger partial charge in [0.2, 0.25) is 5.91 Å². The van der Waals surface area contributed by atoms with E-state index in [9.17, 15) is 9.59 Å². The highest BCUT2D eigenvalue weighted by molar-refractivity contribution is 6.33. The Morgan fingerprint density at radius 2 is 2.00 bits per heavy atom. The van der Waals surface area contributed by atoms with Crippen molar-refractivity contribution in [2.24, 2.45) is 5.92 Å². The predicted molar refractivity (Wildman–Crippen MR) is 85.0 cm³/mol. The molecule has 0 saturated heterocycles. The Morgan fingerprint density at radius 3 is 2.73 bits per heavy atom. The summed E-state index contributed by atoms with van der Waals surface area (Å²) >= 11 is 5.92. The second kappa shape index (κ2) is 8.76. The lowest BCUT2D eigenvalue weighted by atomic mass is 10.2. The van der Waals surface area contributed by atoms with Crippen molar-refractivity contribution in [2.75, 3.05) is 26.3 Å². The molecule has 22 heavy (non-hydrogen) atoms. The summed E-state index contributed by atoms with van der Waals surface area (Å²) < 4.78 is 5.47. The maximum Gasteiger partial charge on any atom is 0.253 e. The van der Waals surface area contributed by atoms with Gasteiger partial charge in [0.15, 0.2) is 0 Å². The molecule has 1 aromatic rings. The zero-order valence-corrected chi connectivity index (χ0v) is 13.2. The van der Waals surface area contributed by atoms with Crippen LogP contribution in [0.4, 0.5) is 0 Å². The molecule has 0 aliphatic heterocycles. The molecule has 1 aromatic carbocycles. The highest BCUT2D eigenvalue weighted by Gasteiger charge is 2.20. The van der Waals surface area contributed by atoms with Crippen molar-refractivity contribution in [1.82, 2.24) is 10.6 Å². The SMILES string of the molecule is O=C(CNC(=O)c1ccccc1Cl)NCCCOCC1CC1. The number of benzene rings is 1. The van der Waals surface area contributed by atoms with E-state index in [1.54, 1.807) is 24.3 Å². The van der Waals surface area contributed by atoms with E-state index in [1.165, 1.54) is 12.8 Å². The molecule has 2 amide bonds. The zero-order valence-electron chi connectivity index (χ0n) is 12.4. The van der Waals surface area contributed by atoms with Gasteiger partial charge in [0, 0.05) is 19.8 Å². The highest BCUT2D eigenvalue weighted by atomic mass is 35.5. The van der Waals surface area contributed by atoms with Crippen LogP contribution in [0.1, 0.15) is 29.6 Å². The van der Waals surface area contributed by atoms with Crippen molar-refractivity contribution in [3.63, 3.8) is 0 Å². The van der Waals surface area contributed by atoms with Crippen molar-refractivity contribution >= 4 is 23.4 Å². The molecule has 6 heteroatoms. The van der Waals surface area contributed by atoms with Gasteiger partial charge in [-0.25, -0.2) is 0 Å². The molecule has 0 bridgehead atoms. The molecule has 1 aliphatic carbocycles. The van der Waals surface area contributed by atoms with Crippen LogP contribution in [0, 0.1) is 5.92 Å². The number of halogens is 1. The summed E-state index contributed by atoms with van der Waals surface area (Å²) in [4.78, 5) is 23.5. The van der Waals surface area contributed by atoms with Gasteiger partial charge in [-0.2, -0.15) is 0 Å². The van der Waals surface area contributed by atoms with Gasteiger partial charge in [-0.1, -0.05) is 23.7 Å². The maximum absolute atomic E-state index is 11.9.